The molecule has 3 aliphatic heterocycles. The molecule has 0 aromatic heterocycles. The highest BCUT2D eigenvalue weighted by Gasteiger charge is 2.54. The van der Waals surface area contributed by atoms with Crippen molar-refractivity contribution in [2.45, 2.75) is 30.4 Å². The van der Waals surface area contributed by atoms with E-state index in [9.17, 15) is 4.79 Å². The first-order valence-electron chi connectivity index (χ1n) is 10.1. The van der Waals surface area contributed by atoms with E-state index < -0.39 is 5.60 Å². The number of methoxy groups -OCH3 is 2. The van der Waals surface area contributed by atoms with Crippen molar-refractivity contribution in [2.75, 3.05) is 33.9 Å². The van der Waals surface area contributed by atoms with Crippen LogP contribution in [0.4, 0.5) is 4.79 Å². The molecule has 6 heteroatoms. The van der Waals surface area contributed by atoms with Gasteiger partial charge < -0.3 is 19.5 Å². The van der Waals surface area contributed by atoms with E-state index in [0.29, 0.717) is 6.54 Å². The Bertz CT molecular complexity index is 932. The van der Waals surface area contributed by atoms with Gasteiger partial charge in [0.05, 0.1) is 20.8 Å². The number of piperidine rings is 1. The number of hydrogen-bond acceptors (Lipinski definition) is 5. The van der Waals surface area contributed by atoms with Gasteiger partial charge in [-0.05, 0) is 35.2 Å². The number of nitrogens with zero attached hydrogens (tertiary/aromatic N) is 1. The van der Waals surface area contributed by atoms with Crippen LogP contribution in [-0.2, 0) is 11.2 Å². The summed E-state index contributed by atoms with van der Waals surface area (Å²) >= 11 is 0. The molecular weight excluding hydrogens is 368 g/mol. The van der Waals surface area contributed by atoms with E-state index >= 15 is 0 Å². The fourth-order valence-corrected chi connectivity index (χ4v) is 5.29. The Labute approximate surface area is 170 Å². The predicted octanol–water partition coefficient (Wildman–Crippen LogP) is 3.27. The van der Waals surface area contributed by atoms with Crippen LogP contribution in [0.5, 0.6) is 11.5 Å². The topological polar surface area (TPSA) is 60.0 Å². The Morgan fingerprint density at radius 2 is 1.90 bits per heavy atom. The van der Waals surface area contributed by atoms with Gasteiger partial charge in [-0.3, -0.25) is 4.90 Å². The number of amides is 1. The lowest BCUT2D eigenvalue weighted by atomic mass is 9.71. The maximum absolute atomic E-state index is 12.1. The van der Waals surface area contributed by atoms with Gasteiger partial charge in [0.25, 0.3) is 0 Å². The molecule has 1 spiro atoms. The third kappa shape index (κ3) is 2.94. The minimum Gasteiger partial charge on any atom is -0.493 e. The largest absolute Gasteiger partial charge is 0.493 e. The molecule has 2 saturated heterocycles. The first-order valence-corrected chi connectivity index (χ1v) is 10.1. The van der Waals surface area contributed by atoms with E-state index in [2.05, 4.69) is 46.6 Å². The lowest BCUT2D eigenvalue weighted by Gasteiger charge is -2.50. The Hall–Kier alpha value is -2.73. The van der Waals surface area contributed by atoms with Gasteiger partial charge in [0.15, 0.2) is 11.5 Å². The number of carbonyl (C=O) groups excluding carboxylic acids is 1. The lowest BCUT2D eigenvalue weighted by molar-refractivity contribution is -0.0481. The molecule has 29 heavy (non-hydrogen) atoms. The quantitative estimate of drug-likeness (QED) is 0.866. The van der Waals surface area contributed by atoms with E-state index in [1.807, 2.05) is 6.07 Å². The number of benzene rings is 2. The van der Waals surface area contributed by atoms with E-state index in [0.717, 1.165) is 37.4 Å². The van der Waals surface area contributed by atoms with Gasteiger partial charge in [-0.25, -0.2) is 4.79 Å². The molecule has 0 radical (unpaired) electrons. The number of alkyl carbamates (subject to hydrolysis) is 1. The van der Waals surface area contributed by atoms with Crippen molar-refractivity contribution in [3.8, 4) is 11.5 Å². The molecule has 3 aliphatic rings. The molecule has 2 aromatic carbocycles. The number of ether oxygens (including phenoxy) is 3. The van der Waals surface area contributed by atoms with Crippen molar-refractivity contribution in [1.29, 1.82) is 0 Å². The van der Waals surface area contributed by atoms with Gasteiger partial charge in [0.2, 0.25) is 0 Å². The molecule has 1 N–H and O–H groups in total. The Kier molecular flexibility index (Phi) is 4.39. The summed E-state index contributed by atoms with van der Waals surface area (Å²) < 4.78 is 17.1. The summed E-state index contributed by atoms with van der Waals surface area (Å²) in [7, 11) is 3.34. The van der Waals surface area contributed by atoms with Crippen molar-refractivity contribution >= 4 is 6.09 Å². The molecule has 2 aromatic rings. The zero-order valence-electron chi connectivity index (χ0n) is 16.8. The van der Waals surface area contributed by atoms with Crippen LogP contribution in [0, 0.1) is 0 Å². The summed E-state index contributed by atoms with van der Waals surface area (Å²) in [4.78, 5) is 14.6. The molecule has 3 atom stereocenters. The van der Waals surface area contributed by atoms with E-state index in [1.165, 1.54) is 16.7 Å². The normalized spacial score (nSPS) is 28.3. The van der Waals surface area contributed by atoms with Gasteiger partial charge in [-0.15, -0.1) is 0 Å². The van der Waals surface area contributed by atoms with Crippen LogP contribution >= 0.6 is 0 Å². The highest BCUT2D eigenvalue weighted by atomic mass is 16.6. The van der Waals surface area contributed by atoms with Gasteiger partial charge in [0, 0.05) is 31.5 Å². The molecule has 0 aliphatic carbocycles. The van der Waals surface area contributed by atoms with Crippen molar-refractivity contribution in [3.63, 3.8) is 0 Å². The molecule has 5 rings (SSSR count). The number of nitrogens with one attached hydrogen (secondary N) is 1. The maximum Gasteiger partial charge on any atom is 0.407 e. The average molecular weight is 394 g/mol. The minimum absolute atomic E-state index is 0.139. The van der Waals surface area contributed by atoms with Crippen LogP contribution in [-0.4, -0.2) is 50.4 Å². The molecule has 2 fully saturated rings. The second-order valence-electron chi connectivity index (χ2n) is 8.14. The highest BCUT2D eigenvalue weighted by Crippen LogP contribution is 2.50. The number of carbonyl (C=O) groups is 1. The third-order valence-electron chi connectivity index (χ3n) is 6.73. The highest BCUT2D eigenvalue weighted by molar-refractivity contribution is 5.70. The van der Waals surface area contributed by atoms with Crippen LogP contribution in [0.3, 0.4) is 0 Å². The molecular formula is C23H26N2O4. The molecule has 1 amide bonds. The van der Waals surface area contributed by atoms with Gasteiger partial charge in [-0.1, -0.05) is 30.3 Å². The van der Waals surface area contributed by atoms with Crippen molar-refractivity contribution in [2.24, 2.45) is 0 Å². The SMILES string of the molecule is COc1cc2c(cc1OC)[C@@H]1C[C@]3(CNC(=O)O3)[C@@H](c3ccccc3)CN1CC2. The lowest BCUT2D eigenvalue weighted by Crippen LogP contribution is -2.55. The first kappa shape index (κ1) is 18.3. The zero-order chi connectivity index (χ0) is 20.0. The fraction of sp³-hybridized carbons (Fsp3) is 0.435. The molecule has 152 valence electrons. The van der Waals surface area contributed by atoms with Crippen molar-refractivity contribution in [3.05, 3.63) is 59.2 Å². The zero-order valence-corrected chi connectivity index (χ0v) is 16.8. The Morgan fingerprint density at radius 1 is 1.14 bits per heavy atom. The van der Waals surface area contributed by atoms with E-state index in [4.69, 9.17) is 14.2 Å². The number of rotatable bonds is 3. The second-order valence-corrected chi connectivity index (χ2v) is 8.14. The molecule has 0 bridgehead atoms. The van der Waals surface area contributed by atoms with E-state index in [1.54, 1.807) is 14.2 Å². The number of fused-ring (bicyclic) bond motifs is 3. The molecule has 0 unspecified atom stereocenters. The summed E-state index contributed by atoms with van der Waals surface area (Å²) in [5, 5.41) is 2.92. The summed E-state index contributed by atoms with van der Waals surface area (Å²) in [6, 6.07) is 14.8. The Balaban J connectivity index is 1.56. The first-order chi connectivity index (χ1) is 14.1. The van der Waals surface area contributed by atoms with Gasteiger partial charge in [-0.2, -0.15) is 0 Å². The summed E-state index contributed by atoms with van der Waals surface area (Å²) in [5.74, 6) is 1.65. The van der Waals surface area contributed by atoms with Crippen LogP contribution < -0.4 is 14.8 Å². The summed E-state index contributed by atoms with van der Waals surface area (Å²) in [5.41, 5.74) is 3.22. The molecule has 3 heterocycles. The van der Waals surface area contributed by atoms with Crippen LogP contribution in [0.1, 0.15) is 35.1 Å². The van der Waals surface area contributed by atoms with Crippen LogP contribution in [0.25, 0.3) is 0 Å². The summed E-state index contributed by atoms with van der Waals surface area (Å²) in [6.07, 6.45) is 1.41. The standard InChI is InChI=1S/C23H26N2O4/c1-27-20-10-16-8-9-25-13-18(15-6-4-3-5-7-15)23(14-24-22(26)29-23)12-19(25)17(16)11-21(20)28-2/h3-7,10-11,18-19H,8-9,12-14H2,1-2H3,(H,24,26)/t18-,19+,23+/m1/s1. The van der Waals surface area contributed by atoms with Crippen LogP contribution in [0.2, 0.25) is 0 Å². The van der Waals surface area contributed by atoms with Crippen molar-refractivity contribution in [1.82, 2.24) is 10.2 Å². The monoisotopic (exact) mass is 394 g/mol. The second kappa shape index (κ2) is 6.95. The van der Waals surface area contributed by atoms with Gasteiger partial charge >= 0.3 is 6.09 Å². The van der Waals surface area contributed by atoms with Gasteiger partial charge in [0.1, 0.15) is 5.60 Å². The molecule has 6 nitrogen and oxygen atoms in total. The maximum atomic E-state index is 12.1. The van der Waals surface area contributed by atoms with Crippen molar-refractivity contribution < 1.29 is 19.0 Å². The molecule has 0 saturated carbocycles. The minimum atomic E-state index is -0.540. The number of hydrogen-bond donors (Lipinski definition) is 1. The summed E-state index contributed by atoms with van der Waals surface area (Å²) in [6.45, 7) is 2.38. The predicted molar refractivity (Wildman–Crippen MR) is 109 cm³/mol. The smallest absolute Gasteiger partial charge is 0.407 e. The third-order valence-corrected chi connectivity index (χ3v) is 6.73. The van der Waals surface area contributed by atoms with Crippen LogP contribution in [0.15, 0.2) is 42.5 Å². The average Bonchev–Trinajstić information content (AvgIpc) is 3.13. The fourth-order valence-electron chi connectivity index (χ4n) is 5.29. The Morgan fingerprint density at radius 3 is 2.59 bits per heavy atom. The van der Waals surface area contributed by atoms with E-state index in [-0.39, 0.29) is 18.1 Å².